The molecule has 0 radical (unpaired) electrons. The molecule has 1 heteroatoms. The van der Waals surface area contributed by atoms with Crippen LogP contribution in [0.1, 0.15) is 52.9 Å². The molecule has 1 rings (SSSR count). The summed E-state index contributed by atoms with van der Waals surface area (Å²) in [6.45, 7) is 14.4. The van der Waals surface area contributed by atoms with Crippen LogP contribution in [0.5, 0.6) is 0 Å². The molecule has 0 aromatic rings. The van der Waals surface area contributed by atoms with E-state index < -0.39 is 5.60 Å². The Morgan fingerprint density at radius 2 is 2.19 bits per heavy atom. The van der Waals surface area contributed by atoms with Gasteiger partial charge in [0.25, 0.3) is 0 Å². The maximum absolute atomic E-state index is 9.96. The lowest BCUT2D eigenvalue weighted by Crippen LogP contribution is -2.32. The fraction of sp³-hybridized carbons (Fsp3) is 0.733. The second-order valence-electron chi connectivity index (χ2n) is 6.15. The van der Waals surface area contributed by atoms with Crippen molar-refractivity contribution in [1.29, 1.82) is 0 Å². The first-order chi connectivity index (χ1) is 7.28. The monoisotopic (exact) mass is 222 g/mol. The van der Waals surface area contributed by atoms with E-state index in [-0.39, 0.29) is 0 Å². The van der Waals surface area contributed by atoms with Crippen molar-refractivity contribution in [2.24, 2.45) is 11.3 Å². The summed E-state index contributed by atoms with van der Waals surface area (Å²) in [4.78, 5) is 0. The molecule has 2 atom stereocenters. The average molecular weight is 222 g/mol. The largest absolute Gasteiger partial charge is 0.386 e. The molecule has 92 valence electrons. The standard InChI is InChI=1S/C15H26O/c1-6-15(5,16)11-9-13-12(2)8-7-10-14(13,3)4/h6,13,16H,1-2,7-11H2,3-5H3/t13-,15-/m1/s1. The van der Waals surface area contributed by atoms with Crippen molar-refractivity contribution in [1.82, 2.24) is 0 Å². The highest BCUT2D eigenvalue weighted by Crippen LogP contribution is 2.45. The lowest BCUT2D eigenvalue weighted by molar-refractivity contribution is 0.0796. The van der Waals surface area contributed by atoms with Crippen LogP contribution in [-0.2, 0) is 0 Å². The van der Waals surface area contributed by atoms with Crippen LogP contribution >= 0.6 is 0 Å². The summed E-state index contributed by atoms with van der Waals surface area (Å²) in [5, 5.41) is 9.96. The fourth-order valence-electron chi connectivity index (χ4n) is 2.81. The highest BCUT2D eigenvalue weighted by atomic mass is 16.3. The summed E-state index contributed by atoms with van der Waals surface area (Å²) >= 11 is 0. The van der Waals surface area contributed by atoms with Gasteiger partial charge in [0.1, 0.15) is 0 Å². The molecule has 0 heterocycles. The Morgan fingerprint density at radius 1 is 1.56 bits per heavy atom. The Hall–Kier alpha value is -0.560. The molecule has 1 aliphatic rings. The van der Waals surface area contributed by atoms with E-state index in [1.54, 1.807) is 6.08 Å². The van der Waals surface area contributed by atoms with E-state index in [9.17, 15) is 5.11 Å². The van der Waals surface area contributed by atoms with Gasteiger partial charge in [0, 0.05) is 0 Å². The van der Waals surface area contributed by atoms with Gasteiger partial charge in [-0.15, -0.1) is 6.58 Å². The van der Waals surface area contributed by atoms with Gasteiger partial charge >= 0.3 is 0 Å². The van der Waals surface area contributed by atoms with Gasteiger partial charge in [-0.25, -0.2) is 0 Å². The molecule has 0 bridgehead atoms. The highest BCUT2D eigenvalue weighted by molar-refractivity contribution is 5.10. The van der Waals surface area contributed by atoms with E-state index in [2.05, 4.69) is 27.0 Å². The third-order valence-electron chi connectivity index (χ3n) is 4.13. The summed E-state index contributed by atoms with van der Waals surface area (Å²) < 4.78 is 0. The maximum atomic E-state index is 9.96. The zero-order chi connectivity index (χ0) is 12.4. The van der Waals surface area contributed by atoms with Crippen molar-refractivity contribution >= 4 is 0 Å². The third kappa shape index (κ3) is 3.21. The Labute approximate surface area is 100 Å². The van der Waals surface area contributed by atoms with Crippen LogP contribution in [0.15, 0.2) is 24.8 Å². The maximum Gasteiger partial charge on any atom is 0.0797 e. The Bertz CT molecular complexity index is 273. The summed E-state index contributed by atoms with van der Waals surface area (Å²) in [5.41, 5.74) is 0.983. The van der Waals surface area contributed by atoms with E-state index in [4.69, 9.17) is 0 Å². The molecule has 0 saturated heterocycles. The number of rotatable bonds is 4. The van der Waals surface area contributed by atoms with Crippen molar-refractivity contribution in [3.63, 3.8) is 0 Å². The van der Waals surface area contributed by atoms with Gasteiger partial charge in [-0.05, 0) is 50.4 Å². The van der Waals surface area contributed by atoms with Gasteiger partial charge in [-0.3, -0.25) is 0 Å². The number of hydrogen-bond acceptors (Lipinski definition) is 1. The van der Waals surface area contributed by atoms with Gasteiger partial charge in [0.2, 0.25) is 0 Å². The molecule has 1 nitrogen and oxygen atoms in total. The summed E-state index contributed by atoms with van der Waals surface area (Å²) in [6, 6.07) is 0. The highest BCUT2D eigenvalue weighted by Gasteiger charge is 2.35. The van der Waals surface area contributed by atoms with E-state index >= 15 is 0 Å². The van der Waals surface area contributed by atoms with Gasteiger partial charge in [0.05, 0.1) is 5.60 Å². The normalized spacial score (nSPS) is 28.5. The second kappa shape index (κ2) is 4.75. The molecule has 0 unspecified atom stereocenters. The van der Waals surface area contributed by atoms with Crippen LogP contribution in [0.4, 0.5) is 0 Å². The van der Waals surface area contributed by atoms with Crippen LogP contribution in [0, 0.1) is 11.3 Å². The van der Waals surface area contributed by atoms with Crippen molar-refractivity contribution < 1.29 is 5.11 Å². The van der Waals surface area contributed by atoms with Crippen LogP contribution in [0.25, 0.3) is 0 Å². The molecule has 1 saturated carbocycles. The molecule has 1 aliphatic carbocycles. The number of hydrogen-bond donors (Lipinski definition) is 1. The molecule has 16 heavy (non-hydrogen) atoms. The first-order valence-corrected chi connectivity index (χ1v) is 6.32. The zero-order valence-electron chi connectivity index (χ0n) is 11.1. The summed E-state index contributed by atoms with van der Waals surface area (Å²) in [6.07, 6.45) is 7.14. The van der Waals surface area contributed by atoms with E-state index in [1.165, 1.54) is 18.4 Å². The van der Waals surface area contributed by atoms with Crippen molar-refractivity contribution in [3.05, 3.63) is 24.8 Å². The molecular weight excluding hydrogens is 196 g/mol. The smallest absolute Gasteiger partial charge is 0.0797 e. The first-order valence-electron chi connectivity index (χ1n) is 6.32. The van der Waals surface area contributed by atoms with Crippen molar-refractivity contribution in [2.75, 3.05) is 0 Å². The predicted octanol–water partition coefficient (Wildman–Crippen LogP) is 4.09. The zero-order valence-corrected chi connectivity index (χ0v) is 11.1. The van der Waals surface area contributed by atoms with Gasteiger partial charge in [-0.2, -0.15) is 0 Å². The van der Waals surface area contributed by atoms with Crippen molar-refractivity contribution in [3.8, 4) is 0 Å². The molecule has 0 aromatic carbocycles. The lowest BCUT2D eigenvalue weighted by Gasteiger charge is -2.41. The molecule has 0 aromatic heterocycles. The van der Waals surface area contributed by atoms with E-state index in [0.29, 0.717) is 11.3 Å². The minimum absolute atomic E-state index is 0.340. The number of aliphatic hydroxyl groups is 1. The van der Waals surface area contributed by atoms with Gasteiger partial charge in [0.15, 0.2) is 0 Å². The van der Waals surface area contributed by atoms with Crippen LogP contribution < -0.4 is 0 Å². The first kappa shape index (κ1) is 13.5. The molecule has 1 N–H and O–H groups in total. The minimum Gasteiger partial charge on any atom is -0.386 e. The topological polar surface area (TPSA) is 20.2 Å². The van der Waals surface area contributed by atoms with Gasteiger partial charge in [-0.1, -0.05) is 32.1 Å². The summed E-state index contributed by atoms with van der Waals surface area (Å²) in [5.74, 6) is 0.549. The Morgan fingerprint density at radius 3 is 2.69 bits per heavy atom. The quantitative estimate of drug-likeness (QED) is 0.710. The molecular formula is C15H26O. The predicted molar refractivity (Wildman–Crippen MR) is 70.3 cm³/mol. The fourth-order valence-corrected chi connectivity index (χ4v) is 2.81. The van der Waals surface area contributed by atoms with Crippen molar-refractivity contribution in [2.45, 2.75) is 58.5 Å². The number of allylic oxidation sites excluding steroid dienone is 1. The Kier molecular flexibility index (Phi) is 4.01. The molecule has 1 fully saturated rings. The van der Waals surface area contributed by atoms with Gasteiger partial charge < -0.3 is 5.11 Å². The molecule has 0 aliphatic heterocycles. The molecule has 0 amide bonds. The third-order valence-corrected chi connectivity index (χ3v) is 4.13. The van der Waals surface area contributed by atoms with Crippen LogP contribution in [0.2, 0.25) is 0 Å². The van der Waals surface area contributed by atoms with E-state index in [1.807, 2.05) is 6.92 Å². The minimum atomic E-state index is -0.728. The molecule has 0 spiro atoms. The SMILES string of the molecule is C=C[C@@](C)(O)CC[C@@H]1C(=C)CCCC1(C)C. The Balaban J connectivity index is 2.63. The second-order valence-corrected chi connectivity index (χ2v) is 6.15. The van der Waals surface area contributed by atoms with Crippen LogP contribution in [-0.4, -0.2) is 10.7 Å². The van der Waals surface area contributed by atoms with Crippen LogP contribution in [0.3, 0.4) is 0 Å². The lowest BCUT2D eigenvalue weighted by atomic mass is 9.64. The summed E-state index contributed by atoms with van der Waals surface area (Å²) in [7, 11) is 0. The average Bonchev–Trinajstić information content (AvgIpc) is 2.16. The van der Waals surface area contributed by atoms with E-state index in [0.717, 1.165) is 19.3 Å².